The lowest BCUT2D eigenvalue weighted by atomic mass is 10.2. The van der Waals surface area contributed by atoms with Gasteiger partial charge in [-0.15, -0.1) is 0 Å². The first-order valence-electron chi connectivity index (χ1n) is 9.43. The van der Waals surface area contributed by atoms with E-state index in [1.807, 2.05) is 13.0 Å². The van der Waals surface area contributed by atoms with Crippen LogP contribution in [0.25, 0.3) is 0 Å². The standard InChI is InChI=1S/C22H18ClF3N2O4S/c1-14-3-2-4-16(11-14)28-33(30,31)18-8-6-17(7-9-18)32-13-21(29)27-15-5-10-20(23)19(12-15)22(24,25)26/h2-12,28H,13H2,1H3,(H,27,29). The van der Waals surface area contributed by atoms with Crippen molar-refractivity contribution in [2.75, 3.05) is 16.6 Å². The zero-order chi connectivity index (χ0) is 24.2. The summed E-state index contributed by atoms with van der Waals surface area (Å²) in [5.74, 6) is -0.505. The van der Waals surface area contributed by atoms with Gasteiger partial charge in [0, 0.05) is 11.4 Å². The van der Waals surface area contributed by atoms with Gasteiger partial charge < -0.3 is 10.1 Å². The minimum atomic E-state index is -4.66. The molecule has 1 amide bonds. The minimum Gasteiger partial charge on any atom is -0.484 e. The molecule has 0 radical (unpaired) electrons. The SMILES string of the molecule is Cc1cccc(NS(=O)(=O)c2ccc(OCC(=O)Nc3ccc(Cl)c(C(F)(F)F)c3)cc2)c1. The molecule has 0 saturated heterocycles. The lowest BCUT2D eigenvalue weighted by Gasteiger charge is -2.12. The third kappa shape index (κ3) is 6.62. The second-order valence-electron chi connectivity index (χ2n) is 6.98. The van der Waals surface area contributed by atoms with Gasteiger partial charge in [-0.3, -0.25) is 9.52 Å². The van der Waals surface area contributed by atoms with Crippen LogP contribution in [0.2, 0.25) is 5.02 Å². The van der Waals surface area contributed by atoms with Crippen LogP contribution in [0.5, 0.6) is 5.75 Å². The van der Waals surface area contributed by atoms with Crippen molar-refractivity contribution in [3.63, 3.8) is 0 Å². The fourth-order valence-corrected chi connectivity index (χ4v) is 4.08. The summed E-state index contributed by atoms with van der Waals surface area (Å²) in [5, 5.41) is 1.81. The number of amides is 1. The van der Waals surface area contributed by atoms with E-state index in [1.165, 1.54) is 30.3 Å². The van der Waals surface area contributed by atoms with Crippen LogP contribution in [-0.2, 0) is 21.0 Å². The van der Waals surface area contributed by atoms with E-state index >= 15 is 0 Å². The maximum absolute atomic E-state index is 12.9. The number of sulfonamides is 1. The summed E-state index contributed by atoms with van der Waals surface area (Å²) < 4.78 is 71.5. The molecule has 0 fully saturated rings. The molecule has 0 saturated carbocycles. The van der Waals surface area contributed by atoms with Gasteiger partial charge in [0.15, 0.2) is 6.61 Å². The van der Waals surface area contributed by atoms with E-state index in [9.17, 15) is 26.4 Å². The zero-order valence-corrected chi connectivity index (χ0v) is 18.7. The van der Waals surface area contributed by atoms with Crippen LogP contribution in [0, 0.1) is 6.92 Å². The lowest BCUT2D eigenvalue weighted by molar-refractivity contribution is -0.137. The molecule has 3 aromatic carbocycles. The molecule has 2 N–H and O–H groups in total. The van der Waals surface area contributed by atoms with Crippen LogP contribution < -0.4 is 14.8 Å². The number of aryl methyl sites for hydroxylation is 1. The highest BCUT2D eigenvalue weighted by atomic mass is 35.5. The molecule has 0 aromatic heterocycles. The Labute approximate surface area is 193 Å². The summed E-state index contributed by atoms with van der Waals surface area (Å²) in [6.45, 7) is 1.33. The Morgan fingerprint density at radius 3 is 2.33 bits per heavy atom. The molecule has 3 aromatic rings. The molecular weight excluding hydrogens is 481 g/mol. The molecule has 0 spiro atoms. The van der Waals surface area contributed by atoms with E-state index in [0.717, 1.165) is 17.7 Å². The fraction of sp³-hybridized carbons (Fsp3) is 0.136. The molecule has 6 nitrogen and oxygen atoms in total. The number of alkyl halides is 3. The number of carbonyl (C=O) groups excluding carboxylic acids is 1. The molecule has 33 heavy (non-hydrogen) atoms. The summed E-state index contributed by atoms with van der Waals surface area (Å²) in [4.78, 5) is 12.0. The third-order valence-electron chi connectivity index (χ3n) is 4.33. The van der Waals surface area contributed by atoms with E-state index in [4.69, 9.17) is 16.3 Å². The second-order valence-corrected chi connectivity index (χ2v) is 9.07. The Hall–Kier alpha value is -3.24. The van der Waals surface area contributed by atoms with Crippen LogP contribution in [-0.4, -0.2) is 20.9 Å². The van der Waals surface area contributed by atoms with Gasteiger partial charge in [0.25, 0.3) is 15.9 Å². The number of ether oxygens (including phenoxy) is 1. The van der Waals surface area contributed by atoms with Crippen molar-refractivity contribution >= 4 is 38.9 Å². The average Bonchev–Trinajstić information content (AvgIpc) is 2.73. The quantitative estimate of drug-likeness (QED) is 0.451. The molecule has 3 rings (SSSR count). The first-order chi connectivity index (χ1) is 15.4. The number of hydrogen-bond donors (Lipinski definition) is 2. The second kappa shape index (κ2) is 9.72. The molecule has 0 atom stereocenters. The highest BCUT2D eigenvalue weighted by Gasteiger charge is 2.33. The normalized spacial score (nSPS) is 11.7. The minimum absolute atomic E-state index is 0.0124. The van der Waals surface area contributed by atoms with Crippen LogP contribution in [0.3, 0.4) is 0 Å². The van der Waals surface area contributed by atoms with Crippen LogP contribution in [0.15, 0.2) is 71.6 Å². The largest absolute Gasteiger partial charge is 0.484 e. The molecule has 0 aliphatic heterocycles. The number of nitrogens with one attached hydrogen (secondary N) is 2. The maximum Gasteiger partial charge on any atom is 0.417 e. The third-order valence-corrected chi connectivity index (χ3v) is 6.06. The Kier molecular flexibility index (Phi) is 7.19. The highest BCUT2D eigenvalue weighted by Crippen LogP contribution is 2.36. The molecular formula is C22H18ClF3N2O4S. The van der Waals surface area contributed by atoms with Gasteiger partial charge in [-0.25, -0.2) is 8.42 Å². The van der Waals surface area contributed by atoms with E-state index in [0.29, 0.717) is 5.69 Å². The average molecular weight is 499 g/mol. The van der Waals surface area contributed by atoms with Gasteiger partial charge in [-0.1, -0.05) is 23.7 Å². The van der Waals surface area contributed by atoms with Gasteiger partial charge in [0.1, 0.15) is 5.75 Å². The van der Waals surface area contributed by atoms with Crippen molar-refractivity contribution in [3.05, 3.63) is 82.9 Å². The molecule has 0 unspecified atom stereocenters. The predicted octanol–water partition coefficient (Wildman–Crippen LogP) is 5.49. The number of hydrogen-bond acceptors (Lipinski definition) is 4. The molecule has 174 valence electrons. The topological polar surface area (TPSA) is 84.5 Å². The van der Waals surface area contributed by atoms with Crippen molar-refractivity contribution in [1.29, 1.82) is 0 Å². The maximum atomic E-state index is 12.9. The van der Waals surface area contributed by atoms with E-state index in [1.54, 1.807) is 18.2 Å². The Morgan fingerprint density at radius 1 is 1.00 bits per heavy atom. The summed E-state index contributed by atoms with van der Waals surface area (Å²) >= 11 is 5.55. The lowest BCUT2D eigenvalue weighted by Crippen LogP contribution is -2.20. The van der Waals surface area contributed by atoms with E-state index in [2.05, 4.69) is 10.0 Å². The summed E-state index contributed by atoms with van der Waals surface area (Å²) in [5.41, 5.74) is 0.149. The molecule has 0 aliphatic rings. The first kappa shape index (κ1) is 24.4. The van der Waals surface area contributed by atoms with Gasteiger partial charge in [-0.2, -0.15) is 13.2 Å². The Bertz CT molecular complexity index is 1260. The number of carbonyl (C=O) groups is 1. The van der Waals surface area contributed by atoms with Crippen molar-refractivity contribution in [1.82, 2.24) is 0 Å². The number of halogens is 4. The predicted molar refractivity (Wildman–Crippen MR) is 119 cm³/mol. The van der Waals surface area contributed by atoms with Gasteiger partial charge in [-0.05, 0) is 67.1 Å². The molecule has 0 aliphatic carbocycles. The molecule has 11 heteroatoms. The Balaban J connectivity index is 1.60. The Morgan fingerprint density at radius 2 is 1.70 bits per heavy atom. The first-order valence-corrected chi connectivity index (χ1v) is 11.3. The summed E-state index contributed by atoms with van der Waals surface area (Å²) in [6.07, 6.45) is -4.66. The van der Waals surface area contributed by atoms with Gasteiger partial charge >= 0.3 is 6.18 Å². The van der Waals surface area contributed by atoms with Crippen molar-refractivity contribution < 1.29 is 31.1 Å². The van der Waals surface area contributed by atoms with Crippen molar-refractivity contribution in [2.45, 2.75) is 18.0 Å². The number of anilines is 2. The number of benzene rings is 3. The summed E-state index contributed by atoms with van der Waals surface area (Å²) in [6, 6.07) is 15.2. The zero-order valence-electron chi connectivity index (χ0n) is 17.1. The van der Waals surface area contributed by atoms with Crippen molar-refractivity contribution in [3.8, 4) is 5.75 Å². The smallest absolute Gasteiger partial charge is 0.417 e. The van der Waals surface area contributed by atoms with Gasteiger partial charge in [0.05, 0.1) is 15.5 Å². The van der Waals surface area contributed by atoms with E-state index in [-0.39, 0.29) is 16.3 Å². The van der Waals surface area contributed by atoms with Crippen LogP contribution >= 0.6 is 11.6 Å². The highest BCUT2D eigenvalue weighted by molar-refractivity contribution is 7.92. The van der Waals surface area contributed by atoms with Crippen molar-refractivity contribution in [2.24, 2.45) is 0 Å². The fourth-order valence-electron chi connectivity index (χ4n) is 2.80. The molecule has 0 bridgehead atoms. The van der Waals surface area contributed by atoms with E-state index < -0.39 is 39.3 Å². The monoisotopic (exact) mass is 498 g/mol. The number of rotatable bonds is 7. The van der Waals surface area contributed by atoms with Crippen LogP contribution in [0.4, 0.5) is 24.5 Å². The molecule has 0 heterocycles. The summed E-state index contributed by atoms with van der Waals surface area (Å²) in [7, 11) is -3.83. The van der Waals surface area contributed by atoms with Crippen LogP contribution in [0.1, 0.15) is 11.1 Å². The van der Waals surface area contributed by atoms with Gasteiger partial charge in [0.2, 0.25) is 0 Å².